The maximum Gasteiger partial charge on any atom is 0.387 e. The smallest absolute Gasteiger partial charge is 0.387 e. The van der Waals surface area contributed by atoms with Gasteiger partial charge >= 0.3 is 6.61 Å². The van der Waals surface area contributed by atoms with Crippen molar-refractivity contribution in [2.24, 2.45) is 5.73 Å². The fourth-order valence-electron chi connectivity index (χ4n) is 2.46. The average Bonchev–Trinajstić information content (AvgIpc) is 2.60. The second kappa shape index (κ2) is 9.08. The number of primary amides is 1. The molecule has 1 heterocycles. The summed E-state index contributed by atoms with van der Waals surface area (Å²) < 4.78 is 35.0. The highest BCUT2D eigenvalue weighted by atomic mass is 19.3. The fraction of sp³-hybridized carbons (Fsp3) is 0.375. The summed E-state index contributed by atoms with van der Waals surface area (Å²) in [5.41, 5.74) is 5.13. The van der Waals surface area contributed by atoms with Crippen LogP contribution in [-0.2, 0) is 23.9 Å². The number of halogens is 2. The molecule has 4 amide bonds. The highest BCUT2D eigenvalue weighted by molar-refractivity contribution is 6.11. The number of ether oxygens (including phenoxy) is 2. The number of carbonyl (C=O) groups excluding carboxylic acids is 4. The number of morpholine rings is 1. The highest BCUT2D eigenvalue weighted by Gasteiger charge is 2.27. The minimum atomic E-state index is -3.18. The molecule has 4 N–H and O–H groups in total. The van der Waals surface area contributed by atoms with Gasteiger partial charge < -0.3 is 30.7 Å². The quantitative estimate of drug-likeness (QED) is 0.531. The maximum absolute atomic E-state index is 12.8. The third kappa shape index (κ3) is 5.36. The molecule has 0 radical (unpaired) electrons. The standard InChI is InChI=1S/C16H18F2N4O6/c1-8(23)20-13(14(19)25)15(26)21-9-2-3-10(11(6-9)28-16(17)18)22-4-5-27-7-12(22)24/h2-3,6,13,16H,4-5,7H2,1H3,(H2,19,25)(H,20,23)(H,21,26)/t13-/m1/s1. The van der Waals surface area contributed by atoms with Crippen LogP contribution in [0.3, 0.4) is 0 Å². The second-order valence-corrected chi connectivity index (χ2v) is 5.68. The van der Waals surface area contributed by atoms with E-state index in [9.17, 15) is 28.0 Å². The van der Waals surface area contributed by atoms with E-state index < -0.39 is 36.3 Å². The summed E-state index contributed by atoms with van der Waals surface area (Å²) in [7, 11) is 0. The topological polar surface area (TPSA) is 140 Å². The van der Waals surface area contributed by atoms with Crippen LogP contribution in [0.4, 0.5) is 20.2 Å². The molecule has 0 bridgehead atoms. The van der Waals surface area contributed by atoms with Gasteiger partial charge in [-0.1, -0.05) is 0 Å². The molecular formula is C16H18F2N4O6. The van der Waals surface area contributed by atoms with Gasteiger partial charge in [0.25, 0.3) is 11.8 Å². The number of anilines is 2. The van der Waals surface area contributed by atoms with E-state index in [1.165, 1.54) is 17.0 Å². The third-order valence-corrected chi connectivity index (χ3v) is 3.61. The van der Waals surface area contributed by atoms with E-state index in [-0.39, 0.29) is 36.9 Å². The zero-order valence-electron chi connectivity index (χ0n) is 14.7. The normalized spacial score (nSPS) is 15.1. The van der Waals surface area contributed by atoms with E-state index in [1.54, 1.807) is 0 Å². The van der Waals surface area contributed by atoms with Gasteiger partial charge in [0.15, 0.2) is 11.8 Å². The lowest BCUT2D eigenvalue weighted by Gasteiger charge is -2.28. The zero-order valence-corrected chi connectivity index (χ0v) is 14.7. The Kier molecular flexibility index (Phi) is 6.82. The van der Waals surface area contributed by atoms with Crippen molar-refractivity contribution < 1.29 is 37.4 Å². The van der Waals surface area contributed by atoms with Gasteiger partial charge in [-0.3, -0.25) is 19.2 Å². The van der Waals surface area contributed by atoms with Crippen molar-refractivity contribution in [3.05, 3.63) is 18.2 Å². The summed E-state index contributed by atoms with van der Waals surface area (Å²) in [5, 5.41) is 4.35. The number of alkyl halides is 2. The molecule has 12 heteroatoms. The highest BCUT2D eigenvalue weighted by Crippen LogP contribution is 2.33. The lowest BCUT2D eigenvalue weighted by Crippen LogP contribution is -2.51. The van der Waals surface area contributed by atoms with E-state index in [2.05, 4.69) is 15.4 Å². The van der Waals surface area contributed by atoms with Crippen molar-refractivity contribution in [3.63, 3.8) is 0 Å². The Balaban J connectivity index is 2.28. The molecule has 0 unspecified atom stereocenters. The van der Waals surface area contributed by atoms with Gasteiger partial charge in [-0.2, -0.15) is 8.78 Å². The first-order valence-electron chi connectivity index (χ1n) is 8.03. The molecule has 1 saturated heterocycles. The molecule has 152 valence electrons. The Bertz CT molecular complexity index is 788. The number of hydrogen-bond acceptors (Lipinski definition) is 6. The van der Waals surface area contributed by atoms with Crippen molar-refractivity contribution in [1.29, 1.82) is 0 Å². The Morgan fingerprint density at radius 2 is 2.04 bits per heavy atom. The molecule has 1 fully saturated rings. The monoisotopic (exact) mass is 400 g/mol. The van der Waals surface area contributed by atoms with Crippen molar-refractivity contribution in [2.75, 3.05) is 30.0 Å². The molecule has 2 rings (SSSR count). The van der Waals surface area contributed by atoms with Crippen LogP contribution >= 0.6 is 0 Å². The Hall–Kier alpha value is -3.28. The van der Waals surface area contributed by atoms with Crippen LogP contribution in [0.1, 0.15) is 6.92 Å². The summed E-state index contributed by atoms with van der Waals surface area (Å²) >= 11 is 0. The molecule has 0 aromatic heterocycles. The van der Waals surface area contributed by atoms with Crippen molar-refractivity contribution >= 4 is 35.0 Å². The van der Waals surface area contributed by atoms with E-state index in [0.717, 1.165) is 13.0 Å². The summed E-state index contributed by atoms with van der Waals surface area (Å²) in [5.74, 6) is -3.55. The molecule has 1 aliphatic rings. The van der Waals surface area contributed by atoms with Gasteiger partial charge in [-0.05, 0) is 12.1 Å². The van der Waals surface area contributed by atoms with Crippen LogP contribution in [0.25, 0.3) is 0 Å². The number of benzene rings is 1. The van der Waals surface area contributed by atoms with Gasteiger partial charge in [0.1, 0.15) is 6.61 Å². The average molecular weight is 400 g/mol. The molecule has 0 saturated carbocycles. The molecular weight excluding hydrogens is 382 g/mol. The van der Waals surface area contributed by atoms with Gasteiger partial charge in [-0.25, -0.2) is 0 Å². The first-order chi connectivity index (χ1) is 13.2. The number of nitrogens with two attached hydrogens (primary N) is 1. The second-order valence-electron chi connectivity index (χ2n) is 5.68. The molecule has 1 atom stereocenters. The van der Waals surface area contributed by atoms with Crippen LogP contribution in [0.15, 0.2) is 18.2 Å². The summed E-state index contributed by atoms with van der Waals surface area (Å²) in [6, 6.07) is 2.03. The van der Waals surface area contributed by atoms with Crippen LogP contribution in [0.2, 0.25) is 0 Å². The minimum Gasteiger partial charge on any atom is -0.433 e. The fourth-order valence-corrected chi connectivity index (χ4v) is 2.46. The number of carbonyl (C=O) groups is 4. The zero-order chi connectivity index (χ0) is 20.8. The van der Waals surface area contributed by atoms with Gasteiger partial charge in [0.2, 0.25) is 11.8 Å². The molecule has 28 heavy (non-hydrogen) atoms. The predicted molar refractivity (Wildman–Crippen MR) is 91.7 cm³/mol. The van der Waals surface area contributed by atoms with Gasteiger partial charge in [0.05, 0.1) is 12.3 Å². The number of amides is 4. The number of nitrogens with one attached hydrogen (secondary N) is 2. The van der Waals surface area contributed by atoms with Crippen LogP contribution in [-0.4, -0.2) is 56.0 Å². The molecule has 1 aromatic rings. The largest absolute Gasteiger partial charge is 0.433 e. The molecule has 0 aliphatic carbocycles. The minimum absolute atomic E-state index is 0.0123. The van der Waals surface area contributed by atoms with E-state index in [4.69, 9.17) is 10.5 Å². The lowest BCUT2D eigenvalue weighted by molar-refractivity contribution is -0.132. The molecule has 1 aliphatic heterocycles. The lowest BCUT2D eigenvalue weighted by atomic mass is 10.2. The summed E-state index contributed by atoms with van der Waals surface area (Å²) in [4.78, 5) is 47.8. The Labute approximate surface area is 157 Å². The third-order valence-electron chi connectivity index (χ3n) is 3.61. The van der Waals surface area contributed by atoms with E-state index in [0.29, 0.717) is 0 Å². The Morgan fingerprint density at radius 1 is 1.32 bits per heavy atom. The summed E-state index contributed by atoms with van der Waals surface area (Å²) in [6.07, 6.45) is 0. The predicted octanol–water partition coefficient (Wildman–Crippen LogP) is -0.420. The van der Waals surface area contributed by atoms with Gasteiger partial charge in [0, 0.05) is 25.2 Å². The molecule has 0 spiro atoms. The molecule has 10 nitrogen and oxygen atoms in total. The van der Waals surface area contributed by atoms with Crippen LogP contribution in [0.5, 0.6) is 5.75 Å². The maximum atomic E-state index is 12.8. The number of hydrogen-bond donors (Lipinski definition) is 3. The first-order valence-corrected chi connectivity index (χ1v) is 8.03. The molecule has 1 aromatic carbocycles. The van der Waals surface area contributed by atoms with Crippen LogP contribution in [0, 0.1) is 0 Å². The van der Waals surface area contributed by atoms with Crippen molar-refractivity contribution in [1.82, 2.24) is 5.32 Å². The Morgan fingerprint density at radius 3 is 2.61 bits per heavy atom. The van der Waals surface area contributed by atoms with Gasteiger partial charge in [-0.15, -0.1) is 0 Å². The van der Waals surface area contributed by atoms with Crippen molar-refractivity contribution in [3.8, 4) is 5.75 Å². The first kappa shape index (κ1) is 21.0. The van der Waals surface area contributed by atoms with E-state index >= 15 is 0 Å². The van der Waals surface area contributed by atoms with Crippen LogP contribution < -0.4 is 26.0 Å². The SMILES string of the molecule is CC(=O)N[C@H](C(N)=O)C(=O)Nc1ccc(N2CCOCC2=O)c(OC(F)F)c1. The number of rotatable bonds is 7. The van der Waals surface area contributed by atoms with Crippen molar-refractivity contribution in [2.45, 2.75) is 19.6 Å². The number of nitrogens with zero attached hydrogens (tertiary/aromatic N) is 1. The summed E-state index contributed by atoms with van der Waals surface area (Å²) in [6.45, 7) is -1.94. The van der Waals surface area contributed by atoms with E-state index in [1.807, 2.05) is 0 Å².